The molecule has 0 heterocycles. The van der Waals surface area contributed by atoms with Gasteiger partial charge < -0.3 is 14.2 Å². The molecule has 6 nitrogen and oxygen atoms in total. The highest BCUT2D eigenvalue weighted by molar-refractivity contribution is 5.98. The van der Waals surface area contributed by atoms with Crippen molar-refractivity contribution in [2.45, 2.75) is 13.8 Å². The number of nitriles is 1. The van der Waals surface area contributed by atoms with E-state index in [0.29, 0.717) is 17.9 Å². The van der Waals surface area contributed by atoms with E-state index in [1.54, 1.807) is 32.0 Å². The second-order valence-electron chi connectivity index (χ2n) is 5.64. The van der Waals surface area contributed by atoms with Gasteiger partial charge in [-0.1, -0.05) is 30.3 Å². The topological polar surface area (TPSA) is 85.6 Å². The number of rotatable bonds is 8. The normalized spacial score (nSPS) is 10.7. The Morgan fingerprint density at radius 2 is 1.68 bits per heavy atom. The van der Waals surface area contributed by atoms with Crippen LogP contribution in [0.4, 0.5) is 0 Å². The average Bonchev–Trinajstić information content (AvgIpc) is 2.71. The Balaban J connectivity index is 2.22. The largest absolute Gasteiger partial charge is 0.482 e. The molecule has 0 unspecified atom stereocenters. The third-order valence-electron chi connectivity index (χ3n) is 3.64. The van der Waals surface area contributed by atoms with E-state index in [-0.39, 0.29) is 18.8 Å². The van der Waals surface area contributed by atoms with Gasteiger partial charge >= 0.3 is 11.9 Å². The molecule has 0 atom stereocenters. The molecule has 0 aliphatic heterocycles. The van der Waals surface area contributed by atoms with Crippen LogP contribution in [0.5, 0.6) is 5.75 Å². The van der Waals surface area contributed by atoms with Gasteiger partial charge in [-0.25, -0.2) is 9.59 Å². The van der Waals surface area contributed by atoms with Gasteiger partial charge in [-0.05, 0) is 54.8 Å². The second kappa shape index (κ2) is 10.5. The molecule has 144 valence electrons. The van der Waals surface area contributed by atoms with Gasteiger partial charge in [0, 0.05) is 0 Å². The smallest absolute Gasteiger partial charge is 0.348 e. The van der Waals surface area contributed by atoms with Crippen LogP contribution in [0, 0.1) is 11.3 Å². The fourth-order valence-electron chi connectivity index (χ4n) is 2.43. The molecule has 6 heteroatoms. The zero-order valence-corrected chi connectivity index (χ0v) is 15.8. The van der Waals surface area contributed by atoms with Gasteiger partial charge in [0.05, 0.1) is 13.2 Å². The summed E-state index contributed by atoms with van der Waals surface area (Å²) in [4.78, 5) is 23.2. The molecule has 2 aromatic carbocycles. The van der Waals surface area contributed by atoms with Gasteiger partial charge in [0.2, 0.25) is 0 Å². The van der Waals surface area contributed by atoms with E-state index in [2.05, 4.69) is 0 Å². The van der Waals surface area contributed by atoms with Crippen molar-refractivity contribution in [1.82, 2.24) is 0 Å². The van der Waals surface area contributed by atoms with Crippen LogP contribution in [0.25, 0.3) is 17.2 Å². The van der Waals surface area contributed by atoms with Crippen molar-refractivity contribution in [2.24, 2.45) is 0 Å². The van der Waals surface area contributed by atoms with Crippen LogP contribution in [0.1, 0.15) is 19.4 Å². The number of nitrogens with zero attached hydrogens (tertiary/aromatic N) is 1. The molecule has 0 saturated carbocycles. The van der Waals surface area contributed by atoms with E-state index in [1.165, 1.54) is 6.08 Å². The fraction of sp³-hybridized carbons (Fsp3) is 0.227. The molecule has 0 aliphatic rings. The van der Waals surface area contributed by atoms with Crippen LogP contribution in [-0.4, -0.2) is 31.8 Å². The first-order valence-corrected chi connectivity index (χ1v) is 8.85. The summed E-state index contributed by atoms with van der Waals surface area (Å²) in [5.41, 5.74) is 2.37. The number of benzene rings is 2. The van der Waals surface area contributed by atoms with Crippen LogP contribution in [0.2, 0.25) is 0 Å². The van der Waals surface area contributed by atoms with Crippen LogP contribution >= 0.6 is 0 Å². The van der Waals surface area contributed by atoms with Crippen LogP contribution in [-0.2, 0) is 19.1 Å². The molecule has 0 aliphatic carbocycles. The van der Waals surface area contributed by atoms with E-state index in [4.69, 9.17) is 14.2 Å². The third-order valence-corrected chi connectivity index (χ3v) is 3.64. The molecule has 28 heavy (non-hydrogen) atoms. The Labute approximate surface area is 164 Å². The van der Waals surface area contributed by atoms with Gasteiger partial charge in [-0.2, -0.15) is 5.26 Å². The zero-order chi connectivity index (χ0) is 20.4. The molecule has 2 rings (SSSR count). The highest BCUT2D eigenvalue weighted by atomic mass is 16.6. The molecule has 0 spiro atoms. The standard InChI is InChI=1S/C22H21NO5/c1-3-26-21(24)15-28-20-10-6-9-18(13-20)17-8-5-7-16(11-17)12-19(14-23)22(25)27-4-2/h5-13H,3-4,15H2,1-2H3/b19-12+. The minimum Gasteiger partial charge on any atom is -0.482 e. The van der Waals surface area contributed by atoms with Crippen molar-refractivity contribution in [1.29, 1.82) is 5.26 Å². The van der Waals surface area contributed by atoms with E-state index in [9.17, 15) is 14.9 Å². The number of esters is 2. The third kappa shape index (κ3) is 5.99. The van der Waals surface area contributed by atoms with Crippen molar-refractivity contribution in [3.8, 4) is 22.9 Å². The van der Waals surface area contributed by atoms with Crippen LogP contribution in [0.3, 0.4) is 0 Å². The maximum absolute atomic E-state index is 11.8. The number of hydrogen-bond donors (Lipinski definition) is 0. The number of hydrogen-bond acceptors (Lipinski definition) is 6. The molecule has 0 saturated heterocycles. The van der Waals surface area contributed by atoms with E-state index >= 15 is 0 Å². The first-order chi connectivity index (χ1) is 13.6. The highest BCUT2D eigenvalue weighted by Gasteiger charge is 2.10. The lowest BCUT2D eigenvalue weighted by Crippen LogP contribution is -2.14. The maximum Gasteiger partial charge on any atom is 0.348 e. The Morgan fingerprint density at radius 1 is 1.00 bits per heavy atom. The first kappa shape index (κ1) is 20.7. The fourth-order valence-corrected chi connectivity index (χ4v) is 2.43. The molecule has 0 bridgehead atoms. The molecular weight excluding hydrogens is 358 g/mol. The summed E-state index contributed by atoms with van der Waals surface area (Å²) in [6.07, 6.45) is 1.49. The number of carbonyl (C=O) groups excluding carboxylic acids is 2. The second-order valence-corrected chi connectivity index (χ2v) is 5.64. The maximum atomic E-state index is 11.8. The van der Waals surface area contributed by atoms with Crippen molar-refractivity contribution < 1.29 is 23.8 Å². The predicted molar refractivity (Wildman–Crippen MR) is 104 cm³/mol. The van der Waals surface area contributed by atoms with Gasteiger partial charge in [0.25, 0.3) is 0 Å². The Bertz CT molecular complexity index is 911. The van der Waals surface area contributed by atoms with Crippen molar-refractivity contribution >= 4 is 18.0 Å². The Kier molecular flexibility index (Phi) is 7.79. The average molecular weight is 379 g/mol. The first-order valence-electron chi connectivity index (χ1n) is 8.85. The molecule has 0 amide bonds. The SMILES string of the molecule is CCOC(=O)COc1cccc(-c2cccc(/C=C(\C#N)C(=O)OCC)c2)c1. The lowest BCUT2D eigenvalue weighted by atomic mass is 10.0. The van der Waals surface area contributed by atoms with E-state index in [0.717, 1.165) is 11.1 Å². The van der Waals surface area contributed by atoms with Crippen molar-refractivity contribution in [2.75, 3.05) is 19.8 Å². The van der Waals surface area contributed by atoms with Gasteiger partial charge in [-0.3, -0.25) is 0 Å². The quantitative estimate of drug-likeness (QED) is 0.394. The molecule has 0 radical (unpaired) electrons. The molecule has 0 aromatic heterocycles. The summed E-state index contributed by atoms with van der Waals surface area (Å²) in [7, 11) is 0. The summed E-state index contributed by atoms with van der Waals surface area (Å²) in [5.74, 6) is -0.538. The highest BCUT2D eigenvalue weighted by Crippen LogP contribution is 2.25. The summed E-state index contributed by atoms with van der Waals surface area (Å²) in [6, 6.07) is 16.5. The minimum atomic E-state index is -0.648. The molecule has 0 N–H and O–H groups in total. The summed E-state index contributed by atoms with van der Waals surface area (Å²) in [6.45, 7) is 3.77. The summed E-state index contributed by atoms with van der Waals surface area (Å²) >= 11 is 0. The van der Waals surface area contributed by atoms with E-state index < -0.39 is 11.9 Å². The summed E-state index contributed by atoms with van der Waals surface area (Å²) < 4.78 is 15.2. The Morgan fingerprint density at radius 3 is 2.36 bits per heavy atom. The van der Waals surface area contributed by atoms with Crippen LogP contribution in [0.15, 0.2) is 54.1 Å². The lowest BCUT2D eigenvalue weighted by Gasteiger charge is -2.08. The minimum absolute atomic E-state index is 0.0643. The van der Waals surface area contributed by atoms with Gasteiger partial charge in [0.1, 0.15) is 17.4 Å². The van der Waals surface area contributed by atoms with E-state index in [1.807, 2.05) is 36.4 Å². The van der Waals surface area contributed by atoms with Crippen molar-refractivity contribution in [3.63, 3.8) is 0 Å². The summed E-state index contributed by atoms with van der Waals surface area (Å²) in [5, 5.41) is 9.18. The zero-order valence-electron chi connectivity index (χ0n) is 15.8. The van der Waals surface area contributed by atoms with Gasteiger partial charge in [0.15, 0.2) is 6.61 Å². The lowest BCUT2D eigenvalue weighted by molar-refractivity contribution is -0.145. The number of ether oxygens (including phenoxy) is 3. The monoisotopic (exact) mass is 379 g/mol. The molecule has 2 aromatic rings. The van der Waals surface area contributed by atoms with Gasteiger partial charge in [-0.15, -0.1) is 0 Å². The number of carbonyl (C=O) groups is 2. The predicted octanol–water partition coefficient (Wildman–Crippen LogP) is 3.77. The molecule has 0 fully saturated rings. The molecular formula is C22H21NO5. The van der Waals surface area contributed by atoms with Crippen LogP contribution < -0.4 is 4.74 Å². The Hall–Kier alpha value is -3.59. The van der Waals surface area contributed by atoms with Crippen molar-refractivity contribution in [3.05, 3.63) is 59.7 Å².